The molecule has 1 unspecified atom stereocenters. The third-order valence-corrected chi connectivity index (χ3v) is 3.41. The minimum Gasteiger partial charge on any atom is -0.349 e. The minimum absolute atomic E-state index is 0.437. The summed E-state index contributed by atoms with van der Waals surface area (Å²) in [6.07, 6.45) is 6.86. The molecule has 0 radical (unpaired) electrons. The Labute approximate surface area is 115 Å². The Bertz CT molecular complexity index is 476. The van der Waals surface area contributed by atoms with Crippen LogP contribution in [0.4, 0.5) is 0 Å². The highest BCUT2D eigenvalue weighted by atomic mass is 14.9. The van der Waals surface area contributed by atoms with Crippen LogP contribution >= 0.6 is 0 Å². The normalized spacial score (nSPS) is 12.5. The molecule has 1 aromatic carbocycles. The van der Waals surface area contributed by atoms with Gasteiger partial charge in [0.1, 0.15) is 5.82 Å². The van der Waals surface area contributed by atoms with Gasteiger partial charge < -0.3 is 10.3 Å². The Balaban J connectivity index is 2.03. The number of aryl methyl sites for hydroxylation is 1. The summed E-state index contributed by atoms with van der Waals surface area (Å²) in [7, 11) is 0. The summed E-state index contributed by atoms with van der Waals surface area (Å²) in [5.74, 6) is 1.06. The summed E-state index contributed by atoms with van der Waals surface area (Å²) in [5.41, 5.74) is 2.79. The molecule has 2 rings (SSSR count). The number of rotatable bonds is 7. The van der Waals surface area contributed by atoms with E-state index in [2.05, 4.69) is 53.4 Å². The molecule has 1 heterocycles. The van der Waals surface area contributed by atoms with Crippen molar-refractivity contribution in [2.75, 3.05) is 6.54 Å². The van der Waals surface area contributed by atoms with Crippen LogP contribution in [0.3, 0.4) is 0 Å². The van der Waals surface area contributed by atoms with Crippen LogP contribution in [0.1, 0.15) is 30.3 Å². The number of hydrogen-bond acceptors (Lipinski definition) is 2. The van der Waals surface area contributed by atoms with Crippen LogP contribution < -0.4 is 5.32 Å². The van der Waals surface area contributed by atoms with Gasteiger partial charge in [0.05, 0.1) is 0 Å². The second-order valence-electron chi connectivity index (χ2n) is 5.02. The second-order valence-corrected chi connectivity index (χ2v) is 5.02. The first-order chi connectivity index (χ1) is 9.29. The maximum Gasteiger partial charge on any atom is 0.107 e. The van der Waals surface area contributed by atoms with E-state index in [0.29, 0.717) is 6.04 Å². The topological polar surface area (TPSA) is 40.7 Å². The summed E-state index contributed by atoms with van der Waals surface area (Å²) in [6, 6.07) is 9.05. The molecule has 0 aliphatic rings. The van der Waals surface area contributed by atoms with E-state index in [9.17, 15) is 0 Å². The van der Waals surface area contributed by atoms with Crippen LogP contribution in [0.5, 0.6) is 0 Å². The van der Waals surface area contributed by atoms with Gasteiger partial charge in [0, 0.05) is 24.9 Å². The van der Waals surface area contributed by atoms with Crippen LogP contribution in [0, 0.1) is 6.92 Å². The molecule has 0 saturated heterocycles. The summed E-state index contributed by atoms with van der Waals surface area (Å²) in [6.45, 7) is 5.43. The van der Waals surface area contributed by atoms with Crippen LogP contribution in [0.15, 0.2) is 36.7 Å². The van der Waals surface area contributed by atoms with E-state index in [1.54, 1.807) is 0 Å². The van der Waals surface area contributed by atoms with Crippen molar-refractivity contribution in [1.29, 1.82) is 0 Å². The average Bonchev–Trinajstić information content (AvgIpc) is 2.91. The fourth-order valence-corrected chi connectivity index (χ4v) is 2.31. The molecule has 0 amide bonds. The molecule has 2 N–H and O–H groups in total. The van der Waals surface area contributed by atoms with E-state index >= 15 is 0 Å². The maximum absolute atomic E-state index is 4.33. The van der Waals surface area contributed by atoms with E-state index in [1.165, 1.54) is 11.1 Å². The Morgan fingerprint density at radius 3 is 2.79 bits per heavy atom. The predicted octanol–water partition coefficient (Wildman–Crippen LogP) is 2.87. The van der Waals surface area contributed by atoms with Gasteiger partial charge in [-0.05, 0) is 37.4 Å². The molecule has 3 heteroatoms. The lowest BCUT2D eigenvalue weighted by Crippen LogP contribution is -2.34. The number of H-pyrrole nitrogens is 1. The fourth-order valence-electron chi connectivity index (χ4n) is 2.31. The monoisotopic (exact) mass is 257 g/mol. The van der Waals surface area contributed by atoms with Crippen LogP contribution in [-0.2, 0) is 12.8 Å². The number of nitrogens with one attached hydrogen (secondary N) is 2. The summed E-state index contributed by atoms with van der Waals surface area (Å²) >= 11 is 0. The van der Waals surface area contributed by atoms with Gasteiger partial charge in [-0.1, -0.05) is 31.2 Å². The second kappa shape index (κ2) is 7.10. The highest BCUT2D eigenvalue weighted by Gasteiger charge is 2.12. The number of benzene rings is 1. The third-order valence-electron chi connectivity index (χ3n) is 3.41. The van der Waals surface area contributed by atoms with Crippen LogP contribution in [-0.4, -0.2) is 22.6 Å². The predicted molar refractivity (Wildman–Crippen MR) is 79.3 cm³/mol. The molecule has 0 fully saturated rings. The minimum atomic E-state index is 0.437. The first-order valence-corrected chi connectivity index (χ1v) is 7.05. The van der Waals surface area contributed by atoms with Gasteiger partial charge in [-0.2, -0.15) is 0 Å². The van der Waals surface area contributed by atoms with Crippen molar-refractivity contribution in [3.8, 4) is 0 Å². The van der Waals surface area contributed by atoms with E-state index < -0.39 is 0 Å². The molecule has 102 valence electrons. The van der Waals surface area contributed by atoms with Crippen molar-refractivity contribution in [1.82, 2.24) is 15.3 Å². The lowest BCUT2D eigenvalue weighted by molar-refractivity contribution is 0.496. The molecule has 19 heavy (non-hydrogen) atoms. The van der Waals surface area contributed by atoms with Crippen molar-refractivity contribution in [3.63, 3.8) is 0 Å². The number of imidazole rings is 1. The Morgan fingerprint density at radius 1 is 1.26 bits per heavy atom. The van der Waals surface area contributed by atoms with E-state index in [0.717, 1.165) is 31.6 Å². The third kappa shape index (κ3) is 4.21. The zero-order valence-electron chi connectivity index (χ0n) is 11.8. The fraction of sp³-hybridized carbons (Fsp3) is 0.438. The maximum atomic E-state index is 4.33. The van der Waals surface area contributed by atoms with Gasteiger partial charge in [0.25, 0.3) is 0 Å². The zero-order valence-corrected chi connectivity index (χ0v) is 11.8. The van der Waals surface area contributed by atoms with E-state index in [-0.39, 0.29) is 0 Å². The molecule has 1 atom stereocenters. The van der Waals surface area contributed by atoms with Crippen molar-refractivity contribution >= 4 is 0 Å². The highest BCUT2D eigenvalue weighted by Crippen LogP contribution is 2.11. The zero-order chi connectivity index (χ0) is 13.5. The molecule has 1 aromatic heterocycles. The molecule has 0 saturated carbocycles. The van der Waals surface area contributed by atoms with Gasteiger partial charge in [-0.3, -0.25) is 0 Å². The highest BCUT2D eigenvalue weighted by molar-refractivity contribution is 5.26. The molecule has 0 aliphatic heterocycles. The Hall–Kier alpha value is -1.61. The molecule has 2 aromatic rings. The van der Waals surface area contributed by atoms with Gasteiger partial charge in [0.2, 0.25) is 0 Å². The van der Waals surface area contributed by atoms with E-state index in [4.69, 9.17) is 0 Å². The SMILES string of the molecule is CCCNC(Cc1ncc[nH]1)Cc1ccccc1C. The molecule has 0 spiro atoms. The molecule has 0 aliphatic carbocycles. The van der Waals surface area contributed by atoms with Crippen molar-refractivity contribution in [2.24, 2.45) is 0 Å². The van der Waals surface area contributed by atoms with Gasteiger partial charge in [0.15, 0.2) is 0 Å². The smallest absolute Gasteiger partial charge is 0.107 e. The lowest BCUT2D eigenvalue weighted by Gasteiger charge is -2.18. The standard InChI is InChI=1S/C16H23N3/c1-3-8-17-15(12-16-18-9-10-19-16)11-14-7-5-4-6-13(14)2/h4-7,9-10,15,17H,3,8,11-12H2,1-2H3,(H,18,19). The van der Waals surface area contributed by atoms with Crippen molar-refractivity contribution < 1.29 is 0 Å². The number of aromatic amines is 1. The van der Waals surface area contributed by atoms with Gasteiger partial charge in [-0.25, -0.2) is 4.98 Å². The Kier molecular flexibility index (Phi) is 5.16. The molecular formula is C16H23N3. The van der Waals surface area contributed by atoms with E-state index in [1.807, 2.05) is 12.4 Å². The quantitative estimate of drug-likeness (QED) is 0.800. The summed E-state index contributed by atoms with van der Waals surface area (Å²) in [4.78, 5) is 7.53. The van der Waals surface area contributed by atoms with Crippen LogP contribution in [0.2, 0.25) is 0 Å². The molecule has 3 nitrogen and oxygen atoms in total. The first-order valence-electron chi connectivity index (χ1n) is 7.05. The number of aromatic nitrogens is 2. The average molecular weight is 257 g/mol. The van der Waals surface area contributed by atoms with Crippen LogP contribution in [0.25, 0.3) is 0 Å². The van der Waals surface area contributed by atoms with Gasteiger partial charge >= 0.3 is 0 Å². The first kappa shape index (κ1) is 13.8. The number of hydrogen-bond donors (Lipinski definition) is 2. The number of nitrogens with zero attached hydrogens (tertiary/aromatic N) is 1. The van der Waals surface area contributed by atoms with Crippen molar-refractivity contribution in [2.45, 2.75) is 39.2 Å². The molecule has 0 bridgehead atoms. The summed E-state index contributed by atoms with van der Waals surface area (Å²) in [5, 5.41) is 3.62. The van der Waals surface area contributed by atoms with Gasteiger partial charge in [-0.15, -0.1) is 0 Å². The van der Waals surface area contributed by atoms with Crippen molar-refractivity contribution in [3.05, 3.63) is 53.6 Å². The largest absolute Gasteiger partial charge is 0.349 e. The Morgan fingerprint density at radius 2 is 2.11 bits per heavy atom. The molecular weight excluding hydrogens is 234 g/mol. The summed E-state index contributed by atoms with van der Waals surface area (Å²) < 4.78 is 0. The lowest BCUT2D eigenvalue weighted by atomic mass is 9.99.